The van der Waals surface area contributed by atoms with Crippen LogP contribution in [0.15, 0.2) is 0 Å². The monoisotopic (exact) mass is 328 g/mol. The molecule has 1 aliphatic rings. The van der Waals surface area contributed by atoms with Gasteiger partial charge in [-0.1, -0.05) is 6.92 Å². The van der Waals surface area contributed by atoms with E-state index < -0.39 is 0 Å². The SMILES string of the molecule is CC(=O)N1CCN(CCNC(=O)C(C)CN)CC1.Cl.Cl. The largest absolute Gasteiger partial charge is 0.355 e. The van der Waals surface area contributed by atoms with Crippen LogP contribution in [0.5, 0.6) is 0 Å². The van der Waals surface area contributed by atoms with E-state index in [9.17, 15) is 9.59 Å². The van der Waals surface area contributed by atoms with Crippen LogP contribution in [0, 0.1) is 5.92 Å². The summed E-state index contributed by atoms with van der Waals surface area (Å²) in [6.07, 6.45) is 0. The highest BCUT2D eigenvalue weighted by atomic mass is 35.5. The normalized spacial score (nSPS) is 16.6. The highest BCUT2D eigenvalue weighted by molar-refractivity contribution is 5.85. The number of rotatable bonds is 5. The van der Waals surface area contributed by atoms with E-state index in [-0.39, 0.29) is 42.5 Å². The minimum absolute atomic E-state index is 0. The molecule has 1 aliphatic heterocycles. The molecule has 0 bridgehead atoms. The van der Waals surface area contributed by atoms with E-state index in [4.69, 9.17) is 5.73 Å². The number of halogens is 2. The highest BCUT2D eigenvalue weighted by Crippen LogP contribution is 2.01. The predicted octanol–water partition coefficient (Wildman–Crippen LogP) is -0.295. The molecule has 0 spiro atoms. The molecule has 8 heteroatoms. The average molecular weight is 329 g/mol. The topological polar surface area (TPSA) is 78.7 Å². The summed E-state index contributed by atoms with van der Waals surface area (Å²) >= 11 is 0. The first kappa shape index (κ1) is 21.7. The van der Waals surface area contributed by atoms with Crippen LogP contribution in [-0.4, -0.2) is 67.4 Å². The molecule has 3 N–H and O–H groups in total. The predicted molar refractivity (Wildman–Crippen MR) is 84.4 cm³/mol. The van der Waals surface area contributed by atoms with Crippen LogP contribution < -0.4 is 11.1 Å². The number of carbonyl (C=O) groups excluding carboxylic acids is 2. The maximum atomic E-state index is 11.5. The first-order valence-corrected chi connectivity index (χ1v) is 6.50. The van der Waals surface area contributed by atoms with E-state index in [0.717, 1.165) is 32.7 Å². The summed E-state index contributed by atoms with van der Waals surface area (Å²) in [4.78, 5) is 26.8. The van der Waals surface area contributed by atoms with Gasteiger partial charge in [-0.05, 0) is 0 Å². The second-order valence-electron chi connectivity index (χ2n) is 4.78. The van der Waals surface area contributed by atoms with Gasteiger partial charge in [0, 0.05) is 58.7 Å². The number of piperazine rings is 1. The number of nitrogens with two attached hydrogens (primary N) is 1. The molecule has 0 aromatic carbocycles. The fourth-order valence-electron chi connectivity index (χ4n) is 1.90. The molecule has 0 aliphatic carbocycles. The molecular formula is C12H26Cl2N4O2. The van der Waals surface area contributed by atoms with Crippen LogP contribution in [0.3, 0.4) is 0 Å². The third-order valence-electron chi connectivity index (χ3n) is 3.35. The molecule has 120 valence electrons. The van der Waals surface area contributed by atoms with Gasteiger partial charge >= 0.3 is 0 Å². The molecule has 0 saturated carbocycles. The Labute approximate surface area is 133 Å². The minimum Gasteiger partial charge on any atom is -0.355 e. The first-order chi connectivity index (χ1) is 8.54. The average Bonchev–Trinajstić information content (AvgIpc) is 2.38. The molecule has 1 unspecified atom stereocenters. The molecule has 1 fully saturated rings. The third-order valence-corrected chi connectivity index (χ3v) is 3.35. The highest BCUT2D eigenvalue weighted by Gasteiger charge is 2.18. The van der Waals surface area contributed by atoms with Gasteiger partial charge in [-0.25, -0.2) is 0 Å². The zero-order valence-corrected chi connectivity index (χ0v) is 13.8. The van der Waals surface area contributed by atoms with Crippen molar-refractivity contribution in [2.75, 3.05) is 45.8 Å². The smallest absolute Gasteiger partial charge is 0.224 e. The molecular weight excluding hydrogens is 303 g/mol. The van der Waals surface area contributed by atoms with Crippen LogP contribution in [0.2, 0.25) is 0 Å². The molecule has 0 aromatic rings. The van der Waals surface area contributed by atoms with Crippen molar-refractivity contribution in [3.63, 3.8) is 0 Å². The number of nitrogens with one attached hydrogen (secondary N) is 1. The van der Waals surface area contributed by atoms with E-state index in [1.165, 1.54) is 0 Å². The summed E-state index contributed by atoms with van der Waals surface area (Å²) in [5, 5.41) is 2.87. The Hall–Kier alpha value is -0.560. The standard InChI is InChI=1S/C12H24N4O2.2ClH/c1-10(9-13)12(18)14-3-4-15-5-7-16(8-6-15)11(2)17;;/h10H,3-9,13H2,1-2H3,(H,14,18);2*1H. The van der Waals surface area contributed by atoms with Crippen LogP contribution in [-0.2, 0) is 9.59 Å². The Kier molecular flexibility index (Phi) is 12.1. The molecule has 1 atom stereocenters. The molecule has 1 heterocycles. The van der Waals surface area contributed by atoms with E-state index in [1.807, 2.05) is 11.8 Å². The van der Waals surface area contributed by atoms with Crippen LogP contribution in [0.25, 0.3) is 0 Å². The second kappa shape index (κ2) is 11.1. The van der Waals surface area contributed by atoms with E-state index >= 15 is 0 Å². The van der Waals surface area contributed by atoms with Crippen LogP contribution in [0.4, 0.5) is 0 Å². The van der Waals surface area contributed by atoms with Gasteiger partial charge in [-0.3, -0.25) is 14.5 Å². The number of hydrogen-bond acceptors (Lipinski definition) is 4. The molecule has 0 radical (unpaired) electrons. The molecule has 1 saturated heterocycles. The van der Waals surface area contributed by atoms with Crippen molar-refractivity contribution in [3.05, 3.63) is 0 Å². The summed E-state index contributed by atoms with van der Waals surface area (Å²) in [5.41, 5.74) is 5.42. The Bertz CT molecular complexity index is 297. The fraction of sp³-hybridized carbons (Fsp3) is 0.833. The summed E-state index contributed by atoms with van der Waals surface area (Å²) in [7, 11) is 0. The van der Waals surface area contributed by atoms with Gasteiger partial charge in [0.15, 0.2) is 0 Å². The van der Waals surface area contributed by atoms with Crippen molar-refractivity contribution in [1.82, 2.24) is 15.1 Å². The molecule has 0 aromatic heterocycles. The zero-order chi connectivity index (χ0) is 13.5. The zero-order valence-electron chi connectivity index (χ0n) is 12.1. The molecule has 1 rings (SSSR count). The van der Waals surface area contributed by atoms with Crippen molar-refractivity contribution < 1.29 is 9.59 Å². The third kappa shape index (κ3) is 7.28. The maximum Gasteiger partial charge on any atom is 0.224 e. The lowest BCUT2D eigenvalue weighted by Gasteiger charge is -2.34. The lowest BCUT2D eigenvalue weighted by atomic mass is 10.2. The Morgan fingerprint density at radius 2 is 1.75 bits per heavy atom. The number of amides is 2. The van der Waals surface area contributed by atoms with Gasteiger partial charge in [0.05, 0.1) is 0 Å². The summed E-state index contributed by atoms with van der Waals surface area (Å²) in [6.45, 7) is 8.58. The second-order valence-corrected chi connectivity index (χ2v) is 4.78. The van der Waals surface area contributed by atoms with Crippen molar-refractivity contribution in [2.45, 2.75) is 13.8 Å². The van der Waals surface area contributed by atoms with E-state index in [2.05, 4.69) is 10.2 Å². The van der Waals surface area contributed by atoms with Gasteiger partial charge < -0.3 is 16.0 Å². The van der Waals surface area contributed by atoms with Crippen molar-refractivity contribution in [2.24, 2.45) is 11.7 Å². The Morgan fingerprint density at radius 3 is 2.20 bits per heavy atom. The Balaban J connectivity index is 0. The van der Waals surface area contributed by atoms with E-state index in [0.29, 0.717) is 13.1 Å². The van der Waals surface area contributed by atoms with Gasteiger partial charge in [0.1, 0.15) is 0 Å². The van der Waals surface area contributed by atoms with Crippen LogP contribution >= 0.6 is 24.8 Å². The van der Waals surface area contributed by atoms with Crippen molar-refractivity contribution >= 4 is 36.6 Å². The van der Waals surface area contributed by atoms with Gasteiger partial charge in [0.2, 0.25) is 11.8 Å². The number of hydrogen-bond donors (Lipinski definition) is 2. The minimum atomic E-state index is -0.125. The summed E-state index contributed by atoms with van der Waals surface area (Å²) in [6, 6.07) is 0. The molecule has 2 amide bonds. The maximum absolute atomic E-state index is 11.5. The fourth-order valence-corrected chi connectivity index (χ4v) is 1.90. The lowest BCUT2D eigenvalue weighted by Crippen LogP contribution is -2.50. The Morgan fingerprint density at radius 1 is 1.20 bits per heavy atom. The van der Waals surface area contributed by atoms with E-state index in [1.54, 1.807) is 6.92 Å². The first-order valence-electron chi connectivity index (χ1n) is 6.50. The molecule has 20 heavy (non-hydrogen) atoms. The summed E-state index contributed by atoms with van der Waals surface area (Å²) in [5.74, 6) is 0.0270. The number of nitrogens with zero attached hydrogens (tertiary/aromatic N) is 2. The summed E-state index contributed by atoms with van der Waals surface area (Å²) < 4.78 is 0. The van der Waals surface area contributed by atoms with Gasteiger partial charge in [-0.2, -0.15) is 0 Å². The van der Waals surface area contributed by atoms with Gasteiger partial charge in [-0.15, -0.1) is 24.8 Å². The van der Waals surface area contributed by atoms with Crippen LogP contribution in [0.1, 0.15) is 13.8 Å². The number of carbonyl (C=O) groups is 2. The van der Waals surface area contributed by atoms with Gasteiger partial charge in [0.25, 0.3) is 0 Å². The molecule has 6 nitrogen and oxygen atoms in total. The van der Waals surface area contributed by atoms with Crippen molar-refractivity contribution in [1.29, 1.82) is 0 Å². The lowest BCUT2D eigenvalue weighted by molar-refractivity contribution is -0.130. The van der Waals surface area contributed by atoms with Crippen molar-refractivity contribution in [3.8, 4) is 0 Å². The quantitative estimate of drug-likeness (QED) is 0.726.